The van der Waals surface area contributed by atoms with E-state index < -0.39 is 10.0 Å². The van der Waals surface area contributed by atoms with Gasteiger partial charge in [0.25, 0.3) is 10.0 Å². The van der Waals surface area contributed by atoms with Crippen molar-refractivity contribution >= 4 is 37.9 Å². The lowest BCUT2D eigenvalue weighted by molar-refractivity contribution is 0.357. The summed E-state index contributed by atoms with van der Waals surface area (Å²) in [6.07, 6.45) is 7.50. The fraction of sp³-hybridized carbons (Fsp3) is 0.583. The molecule has 1 aliphatic carbocycles. The molecule has 3 rings (SSSR count). The molecule has 2 heterocycles. The summed E-state index contributed by atoms with van der Waals surface area (Å²) in [5, 5.41) is 1.87. The van der Waals surface area contributed by atoms with Gasteiger partial charge in [0.2, 0.25) is 0 Å². The number of halogens is 1. The van der Waals surface area contributed by atoms with Crippen LogP contribution in [0.3, 0.4) is 0 Å². The number of sulfonamides is 1. The molecule has 1 aliphatic rings. The summed E-state index contributed by atoms with van der Waals surface area (Å²) in [7, 11) is -3.62. The third-order valence-corrected chi connectivity index (χ3v) is 6.30. The fourth-order valence-electron chi connectivity index (χ4n) is 2.67. The standard InChI is InChI=1S/C12H16ClN3O2S2/c13-10-11(16-6-7-19-12(16)15-10)20(17,18)14-8-9-4-2-1-3-5-9/h6-7,9,14H,1-5,8H2. The number of imidazole rings is 1. The van der Waals surface area contributed by atoms with Crippen LogP contribution in [0.25, 0.3) is 4.96 Å². The summed E-state index contributed by atoms with van der Waals surface area (Å²) in [6.45, 7) is 0.482. The second-order valence-electron chi connectivity index (χ2n) is 5.12. The third-order valence-electron chi connectivity index (χ3n) is 3.72. The van der Waals surface area contributed by atoms with Gasteiger partial charge in [-0.25, -0.2) is 18.1 Å². The van der Waals surface area contributed by atoms with E-state index in [-0.39, 0.29) is 10.2 Å². The molecule has 0 amide bonds. The van der Waals surface area contributed by atoms with Gasteiger partial charge in [-0.05, 0) is 18.8 Å². The summed E-state index contributed by atoms with van der Waals surface area (Å²) in [5.41, 5.74) is 0. The fourth-order valence-corrected chi connectivity index (χ4v) is 5.23. The first-order valence-electron chi connectivity index (χ1n) is 6.68. The number of fused-ring (bicyclic) bond motifs is 1. The van der Waals surface area contributed by atoms with Gasteiger partial charge in [-0.2, -0.15) is 0 Å². The summed E-state index contributed by atoms with van der Waals surface area (Å²) in [5.74, 6) is 0.434. The highest BCUT2D eigenvalue weighted by Gasteiger charge is 2.26. The van der Waals surface area contributed by atoms with E-state index in [1.54, 1.807) is 11.6 Å². The van der Waals surface area contributed by atoms with Crippen LogP contribution >= 0.6 is 22.9 Å². The van der Waals surface area contributed by atoms with Gasteiger partial charge in [0.15, 0.2) is 15.1 Å². The molecule has 8 heteroatoms. The zero-order valence-corrected chi connectivity index (χ0v) is 13.3. The smallest absolute Gasteiger partial charge is 0.259 e. The highest BCUT2D eigenvalue weighted by molar-refractivity contribution is 7.89. The predicted molar refractivity (Wildman–Crippen MR) is 79.8 cm³/mol. The van der Waals surface area contributed by atoms with Crippen LogP contribution in [0.1, 0.15) is 32.1 Å². The molecular formula is C12H16ClN3O2S2. The molecule has 0 unspecified atom stereocenters. The van der Waals surface area contributed by atoms with Gasteiger partial charge in [0, 0.05) is 18.1 Å². The summed E-state index contributed by atoms with van der Waals surface area (Å²) in [6, 6.07) is 0. The second kappa shape index (κ2) is 5.63. The number of hydrogen-bond donors (Lipinski definition) is 1. The molecule has 1 fully saturated rings. The van der Waals surface area contributed by atoms with Crippen molar-refractivity contribution in [3.63, 3.8) is 0 Å². The Morgan fingerprint density at radius 1 is 1.40 bits per heavy atom. The molecule has 0 bridgehead atoms. The first-order chi connectivity index (χ1) is 9.58. The largest absolute Gasteiger partial charge is 0.279 e. The monoisotopic (exact) mass is 333 g/mol. The van der Waals surface area contributed by atoms with Gasteiger partial charge in [-0.15, -0.1) is 11.3 Å². The predicted octanol–water partition coefficient (Wildman–Crippen LogP) is 2.91. The highest BCUT2D eigenvalue weighted by Crippen LogP contribution is 2.26. The molecule has 0 spiro atoms. The Hall–Kier alpha value is -0.630. The molecule has 0 saturated heterocycles. The zero-order chi connectivity index (χ0) is 14.2. The van der Waals surface area contributed by atoms with Gasteiger partial charge < -0.3 is 0 Å². The van der Waals surface area contributed by atoms with Crippen molar-refractivity contribution in [3.05, 3.63) is 16.7 Å². The van der Waals surface area contributed by atoms with E-state index in [1.807, 2.05) is 0 Å². The quantitative estimate of drug-likeness (QED) is 0.935. The minimum absolute atomic E-state index is 0.0352. The van der Waals surface area contributed by atoms with Crippen LogP contribution in [0, 0.1) is 5.92 Å². The van der Waals surface area contributed by atoms with E-state index in [2.05, 4.69) is 9.71 Å². The second-order valence-corrected chi connectivity index (χ2v) is 8.03. The van der Waals surface area contributed by atoms with Crippen molar-refractivity contribution in [1.82, 2.24) is 14.1 Å². The van der Waals surface area contributed by atoms with Crippen molar-refractivity contribution < 1.29 is 8.42 Å². The molecule has 5 nitrogen and oxygen atoms in total. The van der Waals surface area contributed by atoms with Gasteiger partial charge in [-0.1, -0.05) is 30.9 Å². The van der Waals surface area contributed by atoms with Crippen LogP contribution < -0.4 is 4.72 Å². The lowest BCUT2D eigenvalue weighted by atomic mass is 9.90. The molecular weight excluding hydrogens is 318 g/mol. The maximum absolute atomic E-state index is 12.4. The number of hydrogen-bond acceptors (Lipinski definition) is 4. The zero-order valence-electron chi connectivity index (χ0n) is 10.9. The molecule has 0 atom stereocenters. The van der Waals surface area contributed by atoms with Crippen LogP contribution in [-0.2, 0) is 10.0 Å². The lowest BCUT2D eigenvalue weighted by Gasteiger charge is -2.21. The number of nitrogens with one attached hydrogen (secondary N) is 1. The van der Waals surface area contributed by atoms with Crippen LogP contribution in [-0.4, -0.2) is 24.3 Å². The van der Waals surface area contributed by atoms with E-state index in [0.29, 0.717) is 17.4 Å². The van der Waals surface area contributed by atoms with Crippen molar-refractivity contribution in [2.75, 3.05) is 6.54 Å². The minimum atomic E-state index is -3.62. The normalized spacial score (nSPS) is 17.9. The number of aromatic nitrogens is 2. The summed E-state index contributed by atoms with van der Waals surface area (Å²) < 4.78 is 29.0. The Morgan fingerprint density at radius 3 is 2.90 bits per heavy atom. The minimum Gasteiger partial charge on any atom is -0.279 e. The number of thiazole rings is 1. The summed E-state index contributed by atoms with van der Waals surface area (Å²) in [4.78, 5) is 4.65. The Morgan fingerprint density at radius 2 is 2.15 bits per heavy atom. The Kier molecular flexibility index (Phi) is 4.03. The summed E-state index contributed by atoms with van der Waals surface area (Å²) >= 11 is 7.33. The number of nitrogens with zero attached hydrogens (tertiary/aromatic N) is 2. The van der Waals surface area contributed by atoms with Crippen LogP contribution in [0.4, 0.5) is 0 Å². The van der Waals surface area contributed by atoms with E-state index in [0.717, 1.165) is 12.8 Å². The average Bonchev–Trinajstić information content (AvgIpc) is 2.97. The first kappa shape index (κ1) is 14.3. The van der Waals surface area contributed by atoms with Crippen molar-refractivity contribution in [2.24, 2.45) is 5.92 Å². The van der Waals surface area contributed by atoms with Gasteiger partial charge in [0.05, 0.1) is 0 Å². The van der Waals surface area contributed by atoms with E-state index in [9.17, 15) is 8.42 Å². The molecule has 1 N–H and O–H groups in total. The number of rotatable bonds is 4. The highest BCUT2D eigenvalue weighted by atomic mass is 35.5. The first-order valence-corrected chi connectivity index (χ1v) is 9.43. The molecule has 2 aromatic heterocycles. The SMILES string of the molecule is O=S(=O)(NCC1CCCCC1)c1c(Cl)nc2sccn12. The van der Waals surface area contributed by atoms with Gasteiger partial charge >= 0.3 is 0 Å². The van der Waals surface area contributed by atoms with Gasteiger partial charge in [0.1, 0.15) is 0 Å². The van der Waals surface area contributed by atoms with E-state index >= 15 is 0 Å². The molecule has 2 aromatic rings. The average molecular weight is 334 g/mol. The van der Waals surface area contributed by atoms with Gasteiger partial charge in [-0.3, -0.25) is 4.40 Å². The van der Waals surface area contributed by atoms with Crippen molar-refractivity contribution in [1.29, 1.82) is 0 Å². The Bertz CT molecular complexity index is 701. The topological polar surface area (TPSA) is 63.5 Å². The Labute approximate surface area is 127 Å². The van der Waals surface area contributed by atoms with E-state index in [1.165, 1.54) is 35.0 Å². The molecule has 0 aromatic carbocycles. The Balaban J connectivity index is 1.80. The third kappa shape index (κ3) is 2.72. The lowest BCUT2D eigenvalue weighted by Crippen LogP contribution is -2.31. The van der Waals surface area contributed by atoms with Crippen LogP contribution in [0.5, 0.6) is 0 Å². The van der Waals surface area contributed by atoms with Crippen LogP contribution in [0.15, 0.2) is 16.6 Å². The van der Waals surface area contributed by atoms with Crippen LogP contribution in [0.2, 0.25) is 5.15 Å². The van der Waals surface area contributed by atoms with Crippen molar-refractivity contribution in [2.45, 2.75) is 37.1 Å². The molecule has 0 radical (unpaired) electrons. The molecule has 0 aliphatic heterocycles. The van der Waals surface area contributed by atoms with Crippen molar-refractivity contribution in [3.8, 4) is 0 Å². The van der Waals surface area contributed by atoms with E-state index in [4.69, 9.17) is 11.6 Å². The molecule has 1 saturated carbocycles. The maximum atomic E-state index is 12.4. The maximum Gasteiger partial charge on any atom is 0.259 e. The molecule has 110 valence electrons. The molecule has 20 heavy (non-hydrogen) atoms.